The van der Waals surface area contributed by atoms with E-state index in [0.29, 0.717) is 6.04 Å². The van der Waals surface area contributed by atoms with Crippen molar-refractivity contribution in [3.05, 3.63) is 59.9 Å². The molecule has 1 N–H and O–H groups in total. The Morgan fingerprint density at radius 3 is 2.72 bits per heavy atom. The number of aromatic nitrogens is 2. The molecule has 130 valence electrons. The Morgan fingerprint density at radius 2 is 1.88 bits per heavy atom. The van der Waals surface area contributed by atoms with Gasteiger partial charge in [0.2, 0.25) is 0 Å². The third kappa shape index (κ3) is 3.20. The van der Waals surface area contributed by atoms with Crippen LogP contribution in [-0.2, 0) is 4.74 Å². The van der Waals surface area contributed by atoms with Crippen molar-refractivity contribution in [2.24, 2.45) is 0 Å². The van der Waals surface area contributed by atoms with Crippen LogP contribution in [0, 0.1) is 6.92 Å². The molecule has 4 rings (SSSR count). The van der Waals surface area contributed by atoms with Gasteiger partial charge in [0.15, 0.2) is 0 Å². The molecule has 0 amide bonds. The molecule has 0 saturated carbocycles. The Hall–Kier alpha value is -2.17. The Labute approximate surface area is 148 Å². The molecule has 0 bridgehead atoms. The quantitative estimate of drug-likeness (QED) is 0.778. The average molecular weight is 335 g/mol. The van der Waals surface area contributed by atoms with Crippen molar-refractivity contribution in [1.29, 1.82) is 0 Å². The van der Waals surface area contributed by atoms with Crippen molar-refractivity contribution >= 4 is 10.8 Å². The predicted molar refractivity (Wildman–Crippen MR) is 101 cm³/mol. The maximum atomic E-state index is 5.46. The fourth-order valence-corrected chi connectivity index (χ4v) is 3.79. The minimum absolute atomic E-state index is 0.284. The fourth-order valence-electron chi connectivity index (χ4n) is 3.79. The van der Waals surface area contributed by atoms with Crippen molar-refractivity contribution in [3.63, 3.8) is 0 Å². The molecule has 25 heavy (non-hydrogen) atoms. The van der Waals surface area contributed by atoms with E-state index in [0.717, 1.165) is 31.7 Å². The summed E-state index contributed by atoms with van der Waals surface area (Å²) in [6.07, 6.45) is 4.18. The average Bonchev–Trinajstić information content (AvgIpc) is 3.03. The molecule has 1 aliphatic heterocycles. The lowest BCUT2D eigenvalue weighted by atomic mass is 10.0. The lowest BCUT2D eigenvalue weighted by Crippen LogP contribution is -2.36. The number of hydrogen-bond donors (Lipinski definition) is 1. The van der Waals surface area contributed by atoms with Gasteiger partial charge >= 0.3 is 0 Å². The van der Waals surface area contributed by atoms with Crippen molar-refractivity contribution in [2.75, 3.05) is 13.2 Å². The summed E-state index contributed by atoms with van der Waals surface area (Å²) in [5.41, 5.74) is 3.60. The molecule has 1 aliphatic rings. The van der Waals surface area contributed by atoms with Gasteiger partial charge in [0.1, 0.15) is 0 Å². The van der Waals surface area contributed by atoms with Gasteiger partial charge in [0.25, 0.3) is 0 Å². The monoisotopic (exact) mass is 335 g/mol. The molecule has 1 atom stereocenters. The van der Waals surface area contributed by atoms with E-state index in [1.807, 2.05) is 6.20 Å². The van der Waals surface area contributed by atoms with Gasteiger partial charge in [-0.25, -0.2) is 4.68 Å². The topological polar surface area (TPSA) is 39.1 Å². The summed E-state index contributed by atoms with van der Waals surface area (Å²) in [5.74, 6) is 0. The van der Waals surface area contributed by atoms with Crippen LogP contribution in [0.4, 0.5) is 0 Å². The number of nitrogens with one attached hydrogen (secondary N) is 1. The van der Waals surface area contributed by atoms with Crippen molar-refractivity contribution < 1.29 is 4.74 Å². The molecule has 1 unspecified atom stereocenters. The van der Waals surface area contributed by atoms with Gasteiger partial charge in [-0.15, -0.1) is 0 Å². The first-order valence-corrected chi connectivity index (χ1v) is 9.10. The maximum absolute atomic E-state index is 5.46. The molecular weight excluding hydrogens is 310 g/mol. The van der Waals surface area contributed by atoms with Crippen molar-refractivity contribution in [3.8, 4) is 5.69 Å². The van der Waals surface area contributed by atoms with E-state index in [-0.39, 0.29) is 6.04 Å². The highest BCUT2D eigenvalue weighted by Crippen LogP contribution is 2.26. The number of nitrogens with zero attached hydrogens (tertiary/aromatic N) is 2. The van der Waals surface area contributed by atoms with Crippen LogP contribution in [0.3, 0.4) is 0 Å². The van der Waals surface area contributed by atoms with E-state index in [9.17, 15) is 0 Å². The Morgan fingerprint density at radius 1 is 1.12 bits per heavy atom. The number of ether oxygens (including phenoxy) is 1. The van der Waals surface area contributed by atoms with E-state index >= 15 is 0 Å². The largest absolute Gasteiger partial charge is 0.381 e. The van der Waals surface area contributed by atoms with Crippen LogP contribution in [-0.4, -0.2) is 29.0 Å². The van der Waals surface area contributed by atoms with Crippen LogP contribution in [0.25, 0.3) is 16.5 Å². The molecular formula is C21H25N3O. The SMILES string of the molecule is Cc1c(C(C)NC2CCOCC2)cnn1-c1cccc2ccccc12. The standard InChI is InChI=1S/C21H25N3O/c1-15(23-18-10-12-25-13-11-18)20-14-22-24(16(20)2)21-9-5-7-17-6-3-4-8-19(17)21/h3-9,14-15,18,23H,10-13H2,1-2H3. The number of hydrogen-bond acceptors (Lipinski definition) is 3. The zero-order valence-electron chi connectivity index (χ0n) is 14.9. The third-order valence-corrected chi connectivity index (χ3v) is 5.22. The second-order valence-electron chi connectivity index (χ2n) is 6.87. The fraction of sp³-hybridized carbons (Fsp3) is 0.381. The van der Waals surface area contributed by atoms with Crippen LogP contribution in [0.1, 0.15) is 37.1 Å². The molecule has 0 spiro atoms. The van der Waals surface area contributed by atoms with Crippen LogP contribution < -0.4 is 5.32 Å². The summed E-state index contributed by atoms with van der Waals surface area (Å²) in [7, 11) is 0. The smallest absolute Gasteiger partial charge is 0.0727 e. The highest BCUT2D eigenvalue weighted by Gasteiger charge is 2.20. The van der Waals surface area contributed by atoms with Gasteiger partial charge in [0, 0.05) is 41.9 Å². The van der Waals surface area contributed by atoms with E-state index in [4.69, 9.17) is 9.84 Å². The minimum Gasteiger partial charge on any atom is -0.381 e. The molecule has 3 aromatic rings. The van der Waals surface area contributed by atoms with Crippen LogP contribution in [0.5, 0.6) is 0 Å². The molecule has 0 aliphatic carbocycles. The first-order chi connectivity index (χ1) is 12.2. The Balaban J connectivity index is 1.64. The van der Waals surface area contributed by atoms with Crippen molar-refractivity contribution in [1.82, 2.24) is 15.1 Å². The summed E-state index contributed by atoms with van der Waals surface area (Å²) in [6, 6.07) is 15.7. The van der Waals surface area contributed by atoms with Crippen molar-refractivity contribution in [2.45, 2.75) is 38.8 Å². The molecule has 1 fully saturated rings. The first kappa shape index (κ1) is 16.3. The Bertz CT molecular complexity index is 859. The van der Waals surface area contributed by atoms with E-state index in [2.05, 4.69) is 66.3 Å². The zero-order chi connectivity index (χ0) is 17.2. The minimum atomic E-state index is 0.284. The van der Waals surface area contributed by atoms with E-state index in [1.165, 1.54) is 22.0 Å². The molecule has 2 heterocycles. The molecule has 1 aromatic heterocycles. The summed E-state index contributed by atoms with van der Waals surface area (Å²) < 4.78 is 7.53. The normalized spacial score (nSPS) is 17.0. The maximum Gasteiger partial charge on any atom is 0.0727 e. The van der Waals surface area contributed by atoms with E-state index < -0.39 is 0 Å². The van der Waals surface area contributed by atoms with Gasteiger partial charge in [-0.3, -0.25) is 0 Å². The molecule has 4 nitrogen and oxygen atoms in total. The summed E-state index contributed by atoms with van der Waals surface area (Å²) >= 11 is 0. The number of benzene rings is 2. The van der Waals surface area contributed by atoms with Crippen LogP contribution in [0.2, 0.25) is 0 Å². The van der Waals surface area contributed by atoms with Crippen LogP contribution >= 0.6 is 0 Å². The predicted octanol–water partition coefficient (Wildman–Crippen LogP) is 4.16. The zero-order valence-corrected chi connectivity index (χ0v) is 14.9. The summed E-state index contributed by atoms with van der Waals surface area (Å²) in [4.78, 5) is 0. The molecule has 0 radical (unpaired) electrons. The molecule has 2 aromatic carbocycles. The number of rotatable bonds is 4. The van der Waals surface area contributed by atoms with E-state index in [1.54, 1.807) is 0 Å². The first-order valence-electron chi connectivity index (χ1n) is 9.10. The van der Waals surface area contributed by atoms with Gasteiger partial charge in [0.05, 0.1) is 11.9 Å². The van der Waals surface area contributed by atoms with Gasteiger partial charge in [-0.05, 0) is 38.1 Å². The summed E-state index contributed by atoms with van der Waals surface area (Å²) in [5, 5.41) is 10.9. The van der Waals surface area contributed by atoms with Gasteiger partial charge < -0.3 is 10.1 Å². The summed E-state index contributed by atoms with van der Waals surface area (Å²) in [6.45, 7) is 6.11. The second kappa shape index (κ2) is 6.98. The lowest BCUT2D eigenvalue weighted by molar-refractivity contribution is 0.0754. The Kier molecular flexibility index (Phi) is 4.55. The highest BCUT2D eigenvalue weighted by atomic mass is 16.5. The molecule has 4 heteroatoms. The van der Waals surface area contributed by atoms with Gasteiger partial charge in [-0.2, -0.15) is 5.10 Å². The number of fused-ring (bicyclic) bond motifs is 1. The van der Waals surface area contributed by atoms with Gasteiger partial charge in [-0.1, -0.05) is 36.4 Å². The third-order valence-electron chi connectivity index (χ3n) is 5.22. The second-order valence-corrected chi connectivity index (χ2v) is 6.87. The van der Waals surface area contributed by atoms with Crippen LogP contribution in [0.15, 0.2) is 48.7 Å². The highest BCUT2D eigenvalue weighted by molar-refractivity contribution is 5.90. The molecule has 1 saturated heterocycles. The lowest BCUT2D eigenvalue weighted by Gasteiger charge is -2.26.